The first-order chi connectivity index (χ1) is 15.1. The summed E-state index contributed by atoms with van der Waals surface area (Å²) >= 11 is 1.73. The van der Waals surface area contributed by atoms with E-state index in [9.17, 15) is 9.59 Å². The Hall–Kier alpha value is -3.06. The first-order valence-corrected chi connectivity index (χ1v) is 11.5. The minimum absolute atomic E-state index is 0.0852. The van der Waals surface area contributed by atoms with Crippen LogP contribution in [0, 0.1) is 6.92 Å². The van der Waals surface area contributed by atoms with Crippen molar-refractivity contribution in [2.45, 2.75) is 38.6 Å². The van der Waals surface area contributed by atoms with Gasteiger partial charge >= 0.3 is 0 Å². The molecule has 2 aromatic heterocycles. The van der Waals surface area contributed by atoms with E-state index in [1.54, 1.807) is 28.3 Å². The number of benzene rings is 2. The number of hydrogen-bond acceptors (Lipinski definition) is 5. The molecule has 31 heavy (non-hydrogen) atoms. The number of nitrogens with zero attached hydrogens (tertiary/aromatic N) is 4. The van der Waals surface area contributed by atoms with E-state index in [2.05, 4.69) is 11.1 Å². The largest absolute Gasteiger partial charge is 0.342 e. The third-order valence-corrected chi connectivity index (χ3v) is 7.25. The summed E-state index contributed by atoms with van der Waals surface area (Å²) in [5.74, 6) is 0.366. The van der Waals surface area contributed by atoms with Crippen LogP contribution < -0.4 is 5.56 Å². The third kappa shape index (κ3) is 3.85. The molecule has 3 heterocycles. The summed E-state index contributed by atoms with van der Waals surface area (Å²) in [5.41, 5.74) is 2.65. The molecule has 1 amide bonds. The van der Waals surface area contributed by atoms with E-state index in [0.717, 1.165) is 41.0 Å². The highest BCUT2D eigenvalue weighted by atomic mass is 32.1. The number of para-hydroxylation sites is 2. The molecule has 1 aliphatic heterocycles. The first-order valence-electron chi connectivity index (χ1n) is 10.7. The van der Waals surface area contributed by atoms with Gasteiger partial charge in [-0.2, -0.15) is 0 Å². The van der Waals surface area contributed by atoms with E-state index in [1.807, 2.05) is 42.2 Å². The van der Waals surface area contributed by atoms with Crippen LogP contribution in [0.4, 0.5) is 0 Å². The average molecular weight is 433 g/mol. The van der Waals surface area contributed by atoms with E-state index in [1.165, 1.54) is 4.70 Å². The molecule has 2 aromatic carbocycles. The smallest absolute Gasteiger partial charge is 0.261 e. The zero-order valence-corrected chi connectivity index (χ0v) is 18.3. The molecule has 1 atom stereocenters. The summed E-state index contributed by atoms with van der Waals surface area (Å²) in [7, 11) is 0. The minimum atomic E-state index is -0.0903. The van der Waals surface area contributed by atoms with Crippen molar-refractivity contribution < 1.29 is 4.79 Å². The normalized spacial score (nSPS) is 16.8. The number of thiazole rings is 1. The van der Waals surface area contributed by atoms with Gasteiger partial charge in [0.1, 0.15) is 0 Å². The number of amides is 1. The fourth-order valence-corrected chi connectivity index (χ4v) is 5.43. The van der Waals surface area contributed by atoms with Crippen LogP contribution in [-0.4, -0.2) is 38.4 Å². The zero-order valence-electron chi connectivity index (χ0n) is 17.5. The van der Waals surface area contributed by atoms with E-state index in [-0.39, 0.29) is 17.4 Å². The molecule has 4 aromatic rings. The molecule has 0 aliphatic carbocycles. The van der Waals surface area contributed by atoms with Gasteiger partial charge in [-0.15, -0.1) is 11.3 Å². The maximum Gasteiger partial charge on any atom is 0.261 e. The standard InChI is InChI=1S/C24H24N4O2S/c1-16-6-4-8-18-22(16)25-15-28(24(18)30)13-11-21(29)27-12-5-7-17(14-27)23-26-19-9-2-3-10-20(19)31-23/h2-4,6,8-10,15,17H,5,7,11-14H2,1H3. The van der Waals surface area contributed by atoms with Crippen molar-refractivity contribution in [2.24, 2.45) is 0 Å². The quantitative estimate of drug-likeness (QED) is 0.487. The van der Waals surface area contributed by atoms with Crippen LogP contribution >= 0.6 is 11.3 Å². The number of aryl methyl sites for hydroxylation is 2. The van der Waals surface area contributed by atoms with Gasteiger partial charge in [-0.05, 0) is 43.5 Å². The van der Waals surface area contributed by atoms with Crippen LogP contribution in [0.3, 0.4) is 0 Å². The van der Waals surface area contributed by atoms with Gasteiger partial charge in [0.15, 0.2) is 0 Å². The van der Waals surface area contributed by atoms with Gasteiger partial charge < -0.3 is 4.90 Å². The molecule has 6 nitrogen and oxygen atoms in total. The van der Waals surface area contributed by atoms with Crippen molar-refractivity contribution in [1.82, 2.24) is 19.4 Å². The highest BCUT2D eigenvalue weighted by Gasteiger charge is 2.26. The molecule has 5 rings (SSSR count). The number of rotatable bonds is 4. The Morgan fingerprint density at radius 2 is 2.06 bits per heavy atom. The molecule has 1 aliphatic rings. The van der Waals surface area contributed by atoms with Crippen molar-refractivity contribution in [3.8, 4) is 0 Å². The summed E-state index contributed by atoms with van der Waals surface area (Å²) in [4.78, 5) is 36.9. The maximum absolute atomic E-state index is 12.9. The minimum Gasteiger partial charge on any atom is -0.342 e. The topological polar surface area (TPSA) is 68.1 Å². The van der Waals surface area contributed by atoms with Gasteiger partial charge in [0, 0.05) is 32.0 Å². The monoisotopic (exact) mass is 432 g/mol. The fourth-order valence-electron chi connectivity index (χ4n) is 4.34. The molecular formula is C24H24N4O2S. The lowest BCUT2D eigenvalue weighted by atomic mass is 9.98. The molecule has 0 spiro atoms. The Labute approximate surface area is 184 Å². The third-order valence-electron chi connectivity index (χ3n) is 6.06. The van der Waals surface area contributed by atoms with Crippen molar-refractivity contribution in [2.75, 3.05) is 13.1 Å². The van der Waals surface area contributed by atoms with Crippen molar-refractivity contribution >= 4 is 38.4 Å². The number of hydrogen-bond donors (Lipinski definition) is 0. The molecule has 1 fully saturated rings. The molecule has 0 bridgehead atoms. The van der Waals surface area contributed by atoms with E-state index in [0.29, 0.717) is 24.9 Å². The summed E-state index contributed by atoms with van der Waals surface area (Å²) in [6.07, 6.45) is 3.89. The molecule has 1 unspecified atom stereocenters. The SMILES string of the molecule is Cc1cccc2c(=O)n(CCC(=O)N3CCCC(c4nc5ccccc5s4)C3)cnc12. The second-order valence-electron chi connectivity index (χ2n) is 8.16. The summed E-state index contributed by atoms with van der Waals surface area (Å²) in [6, 6.07) is 13.8. The van der Waals surface area contributed by atoms with Gasteiger partial charge in [0.25, 0.3) is 5.56 Å². The predicted molar refractivity (Wildman–Crippen MR) is 124 cm³/mol. The maximum atomic E-state index is 12.9. The highest BCUT2D eigenvalue weighted by Crippen LogP contribution is 2.33. The van der Waals surface area contributed by atoms with Gasteiger partial charge in [-0.25, -0.2) is 9.97 Å². The zero-order chi connectivity index (χ0) is 21.4. The number of carbonyl (C=O) groups is 1. The Balaban J connectivity index is 1.28. The van der Waals surface area contributed by atoms with Crippen molar-refractivity contribution in [3.05, 3.63) is 69.7 Å². The molecule has 7 heteroatoms. The molecule has 158 valence electrons. The van der Waals surface area contributed by atoms with Gasteiger partial charge in [0.05, 0.1) is 32.5 Å². The van der Waals surface area contributed by atoms with Gasteiger partial charge in [0.2, 0.25) is 5.91 Å². The van der Waals surface area contributed by atoms with Gasteiger partial charge in [-0.3, -0.25) is 14.2 Å². The lowest BCUT2D eigenvalue weighted by Gasteiger charge is -2.32. The average Bonchev–Trinajstić information content (AvgIpc) is 3.23. The number of piperidine rings is 1. The molecule has 1 saturated heterocycles. The number of fused-ring (bicyclic) bond motifs is 2. The van der Waals surface area contributed by atoms with Crippen LogP contribution in [-0.2, 0) is 11.3 Å². The molecular weight excluding hydrogens is 408 g/mol. The Morgan fingerprint density at radius 3 is 2.94 bits per heavy atom. The Kier molecular flexibility index (Phi) is 5.28. The molecule has 0 saturated carbocycles. The van der Waals surface area contributed by atoms with Crippen LogP contribution in [0.1, 0.15) is 35.8 Å². The van der Waals surface area contributed by atoms with Crippen LogP contribution in [0.15, 0.2) is 53.6 Å². The van der Waals surface area contributed by atoms with Gasteiger partial charge in [-0.1, -0.05) is 24.3 Å². The van der Waals surface area contributed by atoms with Crippen LogP contribution in [0.2, 0.25) is 0 Å². The van der Waals surface area contributed by atoms with Crippen molar-refractivity contribution in [3.63, 3.8) is 0 Å². The molecule has 0 N–H and O–H groups in total. The second-order valence-corrected chi connectivity index (χ2v) is 9.23. The Morgan fingerprint density at radius 1 is 1.19 bits per heavy atom. The highest BCUT2D eigenvalue weighted by molar-refractivity contribution is 7.18. The number of carbonyl (C=O) groups excluding carboxylic acids is 1. The van der Waals surface area contributed by atoms with Crippen molar-refractivity contribution in [1.29, 1.82) is 0 Å². The predicted octanol–water partition coefficient (Wildman–Crippen LogP) is 4.11. The lowest BCUT2D eigenvalue weighted by molar-refractivity contribution is -0.132. The second kappa shape index (κ2) is 8.23. The number of aromatic nitrogens is 3. The summed E-state index contributed by atoms with van der Waals surface area (Å²) < 4.78 is 2.74. The van der Waals surface area contributed by atoms with E-state index < -0.39 is 0 Å². The van der Waals surface area contributed by atoms with E-state index >= 15 is 0 Å². The van der Waals surface area contributed by atoms with E-state index in [4.69, 9.17) is 4.98 Å². The first kappa shape index (κ1) is 19.9. The Bertz CT molecular complexity index is 1290. The van der Waals surface area contributed by atoms with Crippen LogP contribution in [0.5, 0.6) is 0 Å². The molecule has 0 radical (unpaired) electrons. The summed E-state index contributed by atoms with van der Waals surface area (Å²) in [6.45, 7) is 3.75. The number of likely N-dealkylation sites (tertiary alicyclic amines) is 1. The summed E-state index contributed by atoms with van der Waals surface area (Å²) in [5, 5.41) is 1.72. The lowest BCUT2D eigenvalue weighted by Crippen LogP contribution is -2.39. The fraction of sp³-hybridized carbons (Fsp3) is 0.333. The van der Waals surface area contributed by atoms with Crippen LogP contribution in [0.25, 0.3) is 21.1 Å².